The number of aliphatic hydroxyl groups excluding tert-OH is 1. The van der Waals surface area contributed by atoms with Crippen LogP contribution in [0.4, 0.5) is 11.6 Å². The molecule has 0 bridgehead atoms. The highest BCUT2D eigenvalue weighted by atomic mass is 16.3. The fraction of sp³-hybridized carbons (Fsp3) is 0.524. The number of anilines is 2. The highest BCUT2D eigenvalue weighted by molar-refractivity contribution is 5.98. The average Bonchev–Trinajstić information content (AvgIpc) is 2.67. The summed E-state index contributed by atoms with van der Waals surface area (Å²) in [6.07, 6.45) is 5.17. The first-order valence-corrected chi connectivity index (χ1v) is 10.1. The Labute approximate surface area is 170 Å². The van der Waals surface area contributed by atoms with Gasteiger partial charge in [0.1, 0.15) is 23.6 Å². The van der Waals surface area contributed by atoms with Gasteiger partial charge in [0.05, 0.1) is 0 Å². The first kappa shape index (κ1) is 21.1. The van der Waals surface area contributed by atoms with Crippen molar-refractivity contribution in [2.45, 2.75) is 64.8 Å². The van der Waals surface area contributed by atoms with Gasteiger partial charge in [0.2, 0.25) is 5.91 Å². The van der Waals surface area contributed by atoms with Crippen molar-refractivity contribution in [3.8, 4) is 0 Å². The van der Waals surface area contributed by atoms with Crippen molar-refractivity contribution in [3.05, 3.63) is 24.0 Å². The van der Waals surface area contributed by atoms with Gasteiger partial charge >= 0.3 is 0 Å². The van der Waals surface area contributed by atoms with Crippen LogP contribution >= 0.6 is 0 Å². The average molecular weight is 399 g/mol. The van der Waals surface area contributed by atoms with E-state index in [-0.39, 0.29) is 23.9 Å². The van der Waals surface area contributed by atoms with Gasteiger partial charge < -0.3 is 15.7 Å². The minimum Gasteiger partial charge on any atom is -0.379 e. The predicted octanol–water partition coefficient (Wildman–Crippen LogP) is 2.69. The number of hydrogen-bond donors (Lipinski definition) is 4. The predicted molar refractivity (Wildman–Crippen MR) is 113 cm³/mol. The van der Waals surface area contributed by atoms with Gasteiger partial charge in [-0.2, -0.15) is 0 Å². The van der Waals surface area contributed by atoms with Crippen LogP contribution in [0.3, 0.4) is 0 Å². The van der Waals surface area contributed by atoms with E-state index in [9.17, 15) is 14.7 Å². The van der Waals surface area contributed by atoms with Gasteiger partial charge in [0.15, 0.2) is 6.29 Å². The van der Waals surface area contributed by atoms with E-state index < -0.39 is 6.23 Å². The Balaban J connectivity index is 1.79. The summed E-state index contributed by atoms with van der Waals surface area (Å²) >= 11 is 0. The van der Waals surface area contributed by atoms with Crippen molar-refractivity contribution in [1.82, 2.24) is 15.3 Å². The number of aldehydes is 1. The van der Waals surface area contributed by atoms with Crippen LogP contribution in [0.2, 0.25) is 0 Å². The third-order valence-corrected chi connectivity index (χ3v) is 5.05. The Hall–Kier alpha value is -2.58. The van der Waals surface area contributed by atoms with Gasteiger partial charge in [-0.15, -0.1) is 0 Å². The second-order valence-corrected chi connectivity index (χ2v) is 8.00. The largest absolute Gasteiger partial charge is 0.379 e. The van der Waals surface area contributed by atoms with E-state index in [4.69, 9.17) is 0 Å². The molecule has 4 N–H and O–H groups in total. The Kier molecular flexibility index (Phi) is 6.76. The van der Waals surface area contributed by atoms with Crippen LogP contribution in [-0.4, -0.2) is 45.6 Å². The number of pyridine rings is 2. The first-order valence-electron chi connectivity index (χ1n) is 10.1. The van der Waals surface area contributed by atoms with E-state index in [1.165, 1.54) is 0 Å². The Bertz CT molecular complexity index is 884. The molecule has 3 rings (SSSR count). The third kappa shape index (κ3) is 5.48. The smallest absolute Gasteiger partial charge is 0.228 e. The number of hydrogen-bond acceptors (Lipinski definition) is 7. The summed E-state index contributed by atoms with van der Waals surface area (Å²) in [7, 11) is 0. The monoisotopic (exact) mass is 399 g/mol. The summed E-state index contributed by atoms with van der Waals surface area (Å²) < 4.78 is 0. The van der Waals surface area contributed by atoms with Gasteiger partial charge in [-0.1, -0.05) is 6.42 Å². The number of nitrogens with zero attached hydrogens (tertiary/aromatic N) is 2. The maximum Gasteiger partial charge on any atom is 0.228 e. The Morgan fingerprint density at radius 2 is 2.07 bits per heavy atom. The minimum atomic E-state index is -0.584. The highest BCUT2D eigenvalue weighted by Gasteiger charge is 2.28. The maximum atomic E-state index is 12.8. The fourth-order valence-corrected chi connectivity index (χ4v) is 3.83. The van der Waals surface area contributed by atoms with E-state index >= 15 is 0 Å². The molecule has 2 heterocycles. The van der Waals surface area contributed by atoms with Gasteiger partial charge in [-0.05, 0) is 52.2 Å². The van der Waals surface area contributed by atoms with Crippen molar-refractivity contribution >= 4 is 34.6 Å². The second kappa shape index (κ2) is 9.28. The standard InChI is InChI=1S/C21H29N5O3/c1-12(2)23-20-18-9-19(22-10-15(18)8-17(11-27)25-20)26-21(29)14-5-4-6-16(7-14)24-13(3)28/h8-14,16,24,28H,4-7H2,1-3H3,(H,23,25)(H,22,26,29)/t13?,14-,16+/m0/s1. The molecule has 0 spiro atoms. The molecular weight excluding hydrogens is 370 g/mol. The first-order chi connectivity index (χ1) is 13.9. The lowest BCUT2D eigenvalue weighted by molar-refractivity contribution is -0.121. The molecule has 1 saturated carbocycles. The normalized spacial score (nSPS) is 20.4. The zero-order valence-corrected chi connectivity index (χ0v) is 17.1. The molecule has 0 radical (unpaired) electrons. The molecule has 0 aliphatic heterocycles. The second-order valence-electron chi connectivity index (χ2n) is 8.00. The van der Waals surface area contributed by atoms with Crippen molar-refractivity contribution in [2.75, 3.05) is 10.6 Å². The van der Waals surface area contributed by atoms with E-state index in [2.05, 4.69) is 25.9 Å². The van der Waals surface area contributed by atoms with Crippen LogP contribution in [-0.2, 0) is 4.79 Å². The molecule has 2 aromatic rings. The maximum absolute atomic E-state index is 12.8. The quantitative estimate of drug-likeness (QED) is 0.418. The van der Waals surface area contributed by atoms with Crippen LogP contribution in [0.25, 0.3) is 10.8 Å². The van der Waals surface area contributed by atoms with Crippen LogP contribution in [0.15, 0.2) is 18.3 Å². The molecule has 0 saturated heterocycles. The summed E-state index contributed by atoms with van der Waals surface area (Å²) in [5, 5.41) is 20.4. The molecular formula is C21H29N5O3. The number of aromatic nitrogens is 2. The van der Waals surface area contributed by atoms with Gasteiger partial charge in [0.25, 0.3) is 0 Å². The summed E-state index contributed by atoms with van der Waals surface area (Å²) in [6.45, 7) is 5.67. The van der Waals surface area contributed by atoms with Crippen LogP contribution in [0.5, 0.6) is 0 Å². The molecule has 2 aromatic heterocycles. The lowest BCUT2D eigenvalue weighted by Gasteiger charge is -2.30. The van der Waals surface area contributed by atoms with Crippen molar-refractivity contribution < 1.29 is 14.7 Å². The zero-order valence-electron chi connectivity index (χ0n) is 17.1. The summed E-state index contributed by atoms with van der Waals surface area (Å²) in [5.41, 5.74) is 0.332. The third-order valence-electron chi connectivity index (χ3n) is 5.05. The molecule has 8 heteroatoms. The zero-order chi connectivity index (χ0) is 21.0. The van der Waals surface area contributed by atoms with E-state index in [1.807, 2.05) is 13.8 Å². The van der Waals surface area contributed by atoms with Gasteiger partial charge in [0, 0.05) is 35.0 Å². The summed E-state index contributed by atoms with van der Waals surface area (Å²) in [4.78, 5) is 32.7. The van der Waals surface area contributed by atoms with E-state index in [1.54, 1.807) is 25.3 Å². The highest BCUT2D eigenvalue weighted by Crippen LogP contribution is 2.28. The van der Waals surface area contributed by atoms with Crippen LogP contribution in [0.1, 0.15) is 56.9 Å². The number of rotatable bonds is 7. The molecule has 8 nitrogen and oxygen atoms in total. The van der Waals surface area contributed by atoms with Crippen LogP contribution in [0, 0.1) is 5.92 Å². The number of carbonyl (C=O) groups is 2. The van der Waals surface area contributed by atoms with Gasteiger partial charge in [-0.25, -0.2) is 9.97 Å². The lowest BCUT2D eigenvalue weighted by Crippen LogP contribution is -2.42. The fourth-order valence-electron chi connectivity index (χ4n) is 3.83. The molecule has 1 aliphatic rings. The molecule has 1 amide bonds. The molecule has 29 heavy (non-hydrogen) atoms. The van der Waals surface area contributed by atoms with Crippen molar-refractivity contribution in [3.63, 3.8) is 0 Å². The van der Waals surface area contributed by atoms with Crippen LogP contribution < -0.4 is 16.0 Å². The number of nitrogens with one attached hydrogen (secondary N) is 3. The topological polar surface area (TPSA) is 116 Å². The molecule has 1 aliphatic carbocycles. The number of carbonyl (C=O) groups excluding carboxylic acids is 2. The Morgan fingerprint density at radius 1 is 1.28 bits per heavy atom. The molecule has 0 aromatic carbocycles. The molecule has 1 unspecified atom stereocenters. The summed E-state index contributed by atoms with van der Waals surface area (Å²) in [5.74, 6) is 0.864. The van der Waals surface area contributed by atoms with Crippen molar-refractivity contribution in [2.24, 2.45) is 5.92 Å². The SMILES string of the molecule is CC(C)Nc1nc(C=O)cc2cnc(NC(=O)[C@H]3CCC[C@@H](NC(C)O)C3)cc12. The van der Waals surface area contributed by atoms with Gasteiger partial charge in [-0.3, -0.25) is 14.9 Å². The van der Waals surface area contributed by atoms with Crippen molar-refractivity contribution in [1.29, 1.82) is 0 Å². The molecule has 3 atom stereocenters. The summed E-state index contributed by atoms with van der Waals surface area (Å²) in [6, 6.07) is 3.74. The minimum absolute atomic E-state index is 0.0650. The van der Waals surface area contributed by atoms with E-state index in [0.717, 1.165) is 30.0 Å². The number of fused-ring (bicyclic) bond motifs is 1. The Morgan fingerprint density at radius 3 is 2.76 bits per heavy atom. The van der Waals surface area contributed by atoms with E-state index in [0.29, 0.717) is 30.0 Å². The lowest BCUT2D eigenvalue weighted by atomic mass is 9.85. The number of amides is 1. The number of aliphatic hydroxyl groups is 1. The molecule has 156 valence electrons. The molecule has 1 fully saturated rings.